The third-order valence-electron chi connectivity index (χ3n) is 3.17. The van der Waals surface area contributed by atoms with Crippen molar-refractivity contribution in [3.05, 3.63) is 41.1 Å². The Balaban J connectivity index is 1.79. The van der Waals surface area contributed by atoms with Crippen LogP contribution in [0.15, 0.2) is 24.4 Å². The zero-order valence-electron chi connectivity index (χ0n) is 12.0. The molecule has 0 saturated carbocycles. The molecule has 0 spiro atoms. The van der Waals surface area contributed by atoms with Gasteiger partial charge in [0.05, 0.1) is 19.2 Å². The second-order valence-corrected chi connectivity index (χ2v) is 4.82. The summed E-state index contributed by atoms with van der Waals surface area (Å²) in [6.45, 7) is 6.32. The van der Waals surface area contributed by atoms with Gasteiger partial charge >= 0.3 is 0 Å². The molecule has 0 atom stereocenters. The summed E-state index contributed by atoms with van der Waals surface area (Å²) >= 11 is 0. The fraction of sp³-hybridized carbons (Fsp3) is 0.333. The first-order valence-electron chi connectivity index (χ1n) is 6.56. The minimum atomic E-state index is -0.0961. The molecule has 0 fully saturated rings. The Hall–Kier alpha value is -2.30. The number of rotatable bonds is 5. The predicted octanol–water partition coefficient (Wildman–Crippen LogP) is 2.74. The summed E-state index contributed by atoms with van der Waals surface area (Å²) < 4.78 is 5.58. The number of nitrogens with zero attached hydrogens (tertiary/aromatic N) is 1. The Morgan fingerprint density at radius 3 is 2.70 bits per heavy atom. The van der Waals surface area contributed by atoms with Crippen LogP contribution in [0.1, 0.15) is 23.1 Å². The van der Waals surface area contributed by atoms with Crippen LogP contribution in [0.2, 0.25) is 0 Å². The van der Waals surface area contributed by atoms with Gasteiger partial charge in [0.15, 0.2) is 0 Å². The van der Waals surface area contributed by atoms with Gasteiger partial charge in [-0.05, 0) is 44.0 Å². The van der Waals surface area contributed by atoms with Crippen LogP contribution in [-0.2, 0) is 4.79 Å². The quantitative estimate of drug-likeness (QED) is 0.880. The van der Waals surface area contributed by atoms with Crippen LogP contribution in [-0.4, -0.2) is 22.7 Å². The molecule has 1 heterocycles. The molecule has 0 aliphatic carbocycles. The van der Waals surface area contributed by atoms with Gasteiger partial charge in [0.2, 0.25) is 5.91 Å². The van der Waals surface area contributed by atoms with E-state index in [4.69, 9.17) is 4.74 Å². The number of amides is 1. The van der Waals surface area contributed by atoms with E-state index in [2.05, 4.69) is 22.4 Å². The molecule has 0 saturated heterocycles. The highest BCUT2D eigenvalue weighted by Crippen LogP contribution is 2.16. The lowest BCUT2D eigenvalue weighted by atomic mass is 10.1. The molecule has 5 nitrogen and oxygen atoms in total. The molecule has 5 heteroatoms. The van der Waals surface area contributed by atoms with Gasteiger partial charge < -0.3 is 10.1 Å². The average molecular weight is 273 g/mol. The van der Waals surface area contributed by atoms with Crippen molar-refractivity contribution >= 4 is 11.7 Å². The molecule has 1 aromatic carbocycles. The van der Waals surface area contributed by atoms with Crippen LogP contribution in [0.4, 0.5) is 5.82 Å². The summed E-state index contributed by atoms with van der Waals surface area (Å²) in [5.41, 5.74) is 3.32. The largest absolute Gasteiger partial charge is 0.493 e. The Kier molecular flexibility index (Phi) is 4.40. The molecule has 0 unspecified atom stereocenters. The molecule has 20 heavy (non-hydrogen) atoms. The first kappa shape index (κ1) is 14.1. The van der Waals surface area contributed by atoms with Crippen LogP contribution in [0.3, 0.4) is 0 Å². The number of hydrogen-bond donors (Lipinski definition) is 2. The summed E-state index contributed by atoms with van der Waals surface area (Å²) in [6.07, 6.45) is 1.96. The molecule has 0 bridgehead atoms. The fourth-order valence-electron chi connectivity index (χ4n) is 1.74. The number of anilines is 1. The number of ether oxygens (including phenoxy) is 1. The molecule has 0 aliphatic rings. The van der Waals surface area contributed by atoms with Crippen LogP contribution >= 0.6 is 0 Å². The molecule has 2 N–H and O–H groups in total. The van der Waals surface area contributed by atoms with Crippen molar-refractivity contribution in [2.75, 3.05) is 11.9 Å². The SMILES string of the molecule is Cc1ccc(OCCC(=O)Nc2[nH]ncc2C)cc1C. The predicted molar refractivity (Wildman–Crippen MR) is 78.0 cm³/mol. The lowest BCUT2D eigenvalue weighted by Crippen LogP contribution is -2.16. The highest BCUT2D eigenvalue weighted by Gasteiger charge is 2.06. The number of H-pyrrole nitrogens is 1. The van der Waals surface area contributed by atoms with Crippen LogP contribution in [0, 0.1) is 20.8 Å². The third kappa shape index (κ3) is 3.60. The van der Waals surface area contributed by atoms with Gasteiger partial charge in [-0.15, -0.1) is 0 Å². The smallest absolute Gasteiger partial charge is 0.228 e. The number of carbonyl (C=O) groups excluding carboxylic acids is 1. The highest BCUT2D eigenvalue weighted by atomic mass is 16.5. The van der Waals surface area contributed by atoms with Gasteiger partial charge in [0.1, 0.15) is 11.6 Å². The first-order valence-corrected chi connectivity index (χ1v) is 6.56. The zero-order valence-corrected chi connectivity index (χ0v) is 12.0. The van der Waals surface area contributed by atoms with Crippen molar-refractivity contribution in [2.24, 2.45) is 0 Å². The zero-order chi connectivity index (χ0) is 14.5. The van der Waals surface area contributed by atoms with Gasteiger partial charge in [-0.3, -0.25) is 9.89 Å². The maximum absolute atomic E-state index is 11.7. The first-order chi connectivity index (χ1) is 9.56. The Morgan fingerprint density at radius 2 is 2.05 bits per heavy atom. The number of aromatic amines is 1. The number of benzene rings is 1. The van der Waals surface area contributed by atoms with E-state index in [1.54, 1.807) is 6.20 Å². The van der Waals surface area contributed by atoms with Crippen LogP contribution in [0.25, 0.3) is 0 Å². The van der Waals surface area contributed by atoms with Gasteiger partial charge in [0, 0.05) is 5.56 Å². The number of nitrogens with one attached hydrogen (secondary N) is 2. The number of hydrogen-bond acceptors (Lipinski definition) is 3. The van der Waals surface area contributed by atoms with E-state index in [0.29, 0.717) is 18.8 Å². The maximum atomic E-state index is 11.7. The van der Waals surface area contributed by atoms with Crippen molar-refractivity contribution in [1.82, 2.24) is 10.2 Å². The number of aromatic nitrogens is 2. The van der Waals surface area contributed by atoms with Crippen LogP contribution < -0.4 is 10.1 Å². The second kappa shape index (κ2) is 6.23. The minimum Gasteiger partial charge on any atom is -0.493 e. The van der Waals surface area contributed by atoms with E-state index in [-0.39, 0.29) is 5.91 Å². The van der Waals surface area contributed by atoms with Gasteiger partial charge in [0.25, 0.3) is 0 Å². The highest BCUT2D eigenvalue weighted by molar-refractivity contribution is 5.90. The van der Waals surface area contributed by atoms with E-state index in [1.807, 2.05) is 32.0 Å². The van der Waals surface area contributed by atoms with E-state index in [1.165, 1.54) is 11.1 Å². The molecular formula is C15H19N3O2. The maximum Gasteiger partial charge on any atom is 0.228 e. The molecule has 1 amide bonds. The molecule has 0 radical (unpaired) electrons. The van der Waals surface area contributed by atoms with Gasteiger partial charge in [-0.25, -0.2) is 0 Å². The summed E-state index contributed by atoms with van der Waals surface area (Å²) in [4.78, 5) is 11.7. The van der Waals surface area contributed by atoms with E-state index >= 15 is 0 Å². The van der Waals surface area contributed by atoms with Crippen LogP contribution in [0.5, 0.6) is 5.75 Å². The second-order valence-electron chi connectivity index (χ2n) is 4.82. The van der Waals surface area contributed by atoms with E-state index < -0.39 is 0 Å². The van der Waals surface area contributed by atoms with Crippen molar-refractivity contribution in [3.63, 3.8) is 0 Å². The van der Waals surface area contributed by atoms with Crippen molar-refractivity contribution in [2.45, 2.75) is 27.2 Å². The molecule has 1 aromatic heterocycles. The fourth-order valence-corrected chi connectivity index (χ4v) is 1.74. The van der Waals surface area contributed by atoms with Gasteiger partial charge in [-0.2, -0.15) is 5.10 Å². The standard InChI is InChI=1S/C15H19N3O2/c1-10-4-5-13(8-11(10)2)20-7-6-14(19)17-15-12(3)9-16-18-15/h4-5,8-9H,6-7H2,1-3H3,(H2,16,17,18,19). The third-order valence-corrected chi connectivity index (χ3v) is 3.17. The number of carbonyl (C=O) groups is 1. The Bertz CT molecular complexity index is 605. The normalized spacial score (nSPS) is 10.3. The molecule has 0 aliphatic heterocycles. The molecule has 2 aromatic rings. The number of aryl methyl sites for hydroxylation is 3. The minimum absolute atomic E-state index is 0.0961. The van der Waals surface area contributed by atoms with Crippen molar-refractivity contribution in [3.8, 4) is 5.75 Å². The summed E-state index contributed by atoms with van der Waals surface area (Å²) in [5.74, 6) is 1.33. The average Bonchev–Trinajstić information content (AvgIpc) is 2.79. The van der Waals surface area contributed by atoms with Crippen molar-refractivity contribution in [1.29, 1.82) is 0 Å². The summed E-state index contributed by atoms with van der Waals surface area (Å²) in [5, 5.41) is 9.34. The van der Waals surface area contributed by atoms with Gasteiger partial charge in [-0.1, -0.05) is 6.07 Å². The Morgan fingerprint density at radius 1 is 1.25 bits per heavy atom. The van der Waals surface area contributed by atoms with E-state index in [9.17, 15) is 4.79 Å². The lowest BCUT2D eigenvalue weighted by molar-refractivity contribution is -0.116. The van der Waals surface area contributed by atoms with Crippen molar-refractivity contribution < 1.29 is 9.53 Å². The molecule has 106 valence electrons. The monoisotopic (exact) mass is 273 g/mol. The van der Waals surface area contributed by atoms with E-state index in [0.717, 1.165) is 11.3 Å². The summed E-state index contributed by atoms with van der Waals surface area (Å²) in [7, 11) is 0. The lowest BCUT2D eigenvalue weighted by Gasteiger charge is -2.08. The topological polar surface area (TPSA) is 67.0 Å². The summed E-state index contributed by atoms with van der Waals surface area (Å²) in [6, 6.07) is 5.91. The molecular weight excluding hydrogens is 254 g/mol. The molecule has 2 rings (SSSR count). The Labute approximate surface area is 118 Å².